The molecule has 0 bridgehead atoms. The van der Waals surface area contributed by atoms with E-state index in [1.165, 1.54) is 6.07 Å². The molecule has 0 unspecified atom stereocenters. The number of aromatic nitrogens is 2. The molecule has 0 amide bonds. The largest absolute Gasteiger partial charge is 0.483 e. The third-order valence-electron chi connectivity index (χ3n) is 4.04. The van der Waals surface area contributed by atoms with Gasteiger partial charge in [0.25, 0.3) is 0 Å². The van der Waals surface area contributed by atoms with Crippen LogP contribution in [0.4, 0.5) is 4.39 Å². The summed E-state index contributed by atoms with van der Waals surface area (Å²) in [5.41, 5.74) is 1.71. The van der Waals surface area contributed by atoms with Crippen molar-refractivity contribution in [1.82, 2.24) is 15.1 Å². The van der Waals surface area contributed by atoms with Crippen molar-refractivity contribution in [2.45, 2.75) is 39.1 Å². The molecule has 0 aliphatic carbocycles. The Morgan fingerprint density at radius 1 is 1.43 bits per heavy atom. The van der Waals surface area contributed by atoms with Crippen molar-refractivity contribution in [1.29, 1.82) is 0 Å². The van der Waals surface area contributed by atoms with Crippen LogP contribution in [-0.4, -0.2) is 35.1 Å². The SMILES string of the molecule is CCn1cc(O[C@@H]2COC[C@@H]2NCc2ccc(F)c(C)c2)cn1. The molecule has 0 saturated carbocycles. The molecular weight excluding hydrogens is 297 g/mol. The molecule has 0 spiro atoms. The van der Waals surface area contributed by atoms with E-state index in [0.29, 0.717) is 25.3 Å². The minimum absolute atomic E-state index is 0.0500. The van der Waals surface area contributed by atoms with Gasteiger partial charge in [-0.2, -0.15) is 5.10 Å². The first-order chi connectivity index (χ1) is 11.2. The summed E-state index contributed by atoms with van der Waals surface area (Å²) in [6, 6.07) is 5.27. The van der Waals surface area contributed by atoms with E-state index in [0.717, 1.165) is 17.9 Å². The Hall–Kier alpha value is -1.92. The molecular formula is C17H22FN3O2. The standard InChI is InChI=1S/C17H22FN3O2/c1-3-21-9-14(8-20-21)23-17-11-22-10-16(17)19-7-13-4-5-15(18)12(2)6-13/h4-6,8-9,16-17,19H,3,7,10-11H2,1-2H3/t16-,17+/m0/s1. The second-order valence-corrected chi connectivity index (χ2v) is 5.80. The van der Waals surface area contributed by atoms with Gasteiger partial charge in [-0.1, -0.05) is 12.1 Å². The molecule has 1 fully saturated rings. The van der Waals surface area contributed by atoms with E-state index < -0.39 is 0 Å². The first-order valence-corrected chi connectivity index (χ1v) is 7.91. The monoisotopic (exact) mass is 319 g/mol. The number of nitrogens with one attached hydrogen (secondary N) is 1. The zero-order chi connectivity index (χ0) is 16.2. The van der Waals surface area contributed by atoms with E-state index in [1.807, 2.05) is 23.9 Å². The summed E-state index contributed by atoms with van der Waals surface area (Å²) >= 11 is 0. The van der Waals surface area contributed by atoms with Crippen LogP contribution >= 0.6 is 0 Å². The highest BCUT2D eigenvalue weighted by Gasteiger charge is 2.30. The van der Waals surface area contributed by atoms with E-state index in [-0.39, 0.29) is 18.0 Å². The summed E-state index contributed by atoms with van der Waals surface area (Å²) in [7, 11) is 0. The van der Waals surface area contributed by atoms with E-state index in [1.54, 1.807) is 19.2 Å². The number of nitrogens with zero attached hydrogens (tertiary/aromatic N) is 2. The zero-order valence-corrected chi connectivity index (χ0v) is 13.5. The minimum Gasteiger partial charge on any atom is -0.483 e. The third-order valence-corrected chi connectivity index (χ3v) is 4.04. The average Bonchev–Trinajstić information content (AvgIpc) is 3.18. The van der Waals surface area contributed by atoms with E-state index >= 15 is 0 Å². The molecule has 2 aromatic rings. The number of rotatable bonds is 6. The normalized spacial score (nSPS) is 20.8. The van der Waals surface area contributed by atoms with Crippen LogP contribution in [0.5, 0.6) is 5.75 Å². The number of halogens is 1. The van der Waals surface area contributed by atoms with Crippen LogP contribution in [0.25, 0.3) is 0 Å². The van der Waals surface area contributed by atoms with E-state index in [9.17, 15) is 4.39 Å². The fourth-order valence-corrected chi connectivity index (χ4v) is 2.66. The molecule has 6 heteroatoms. The molecule has 23 heavy (non-hydrogen) atoms. The molecule has 1 saturated heterocycles. The molecule has 1 N–H and O–H groups in total. The summed E-state index contributed by atoms with van der Waals surface area (Å²) < 4.78 is 26.6. The average molecular weight is 319 g/mol. The lowest BCUT2D eigenvalue weighted by molar-refractivity contribution is 0.139. The maximum Gasteiger partial charge on any atom is 0.157 e. The Morgan fingerprint density at radius 2 is 2.30 bits per heavy atom. The van der Waals surface area contributed by atoms with Gasteiger partial charge in [0.2, 0.25) is 0 Å². The van der Waals surface area contributed by atoms with Crippen molar-refractivity contribution >= 4 is 0 Å². The van der Waals surface area contributed by atoms with Crippen molar-refractivity contribution in [2.75, 3.05) is 13.2 Å². The number of hydrogen-bond acceptors (Lipinski definition) is 4. The van der Waals surface area contributed by atoms with Crippen LogP contribution in [0.3, 0.4) is 0 Å². The maximum atomic E-state index is 13.3. The molecule has 124 valence electrons. The van der Waals surface area contributed by atoms with Gasteiger partial charge >= 0.3 is 0 Å². The third kappa shape index (κ3) is 3.89. The summed E-state index contributed by atoms with van der Waals surface area (Å²) in [6.07, 6.45) is 3.56. The predicted molar refractivity (Wildman–Crippen MR) is 84.9 cm³/mol. The zero-order valence-electron chi connectivity index (χ0n) is 13.5. The summed E-state index contributed by atoms with van der Waals surface area (Å²) in [5, 5.41) is 7.64. The Morgan fingerprint density at radius 3 is 3.04 bits per heavy atom. The van der Waals surface area contributed by atoms with Gasteiger partial charge in [0, 0.05) is 13.1 Å². The van der Waals surface area contributed by atoms with E-state index in [4.69, 9.17) is 9.47 Å². The second kappa shape index (κ2) is 7.10. The Bertz CT molecular complexity index is 659. The number of ether oxygens (including phenoxy) is 2. The molecule has 3 rings (SSSR count). The first-order valence-electron chi connectivity index (χ1n) is 7.91. The first kappa shape index (κ1) is 16.0. The Balaban J connectivity index is 1.57. The number of aryl methyl sites for hydroxylation is 2. The highest BCUT2D eigenvalue weighted by Crippen LogP contribution is 2.17. The summed E-state index contributed by atoms with van der Waals surface area (Å²) in [6.45, 7) is 6.43. The molecule has 5 nitrogen and oxygen atoms in total. The topological polar surface area (TPSA) is 48.3 Å². The van der Waals surface area contributed by atoms with Crippen molar-refractivity contribution in [3.05, 3.63) is 47.5 Å². The molecule has 2 heterocycles. The maximum absolute atomic E-state index is 13.3. The lowest BCUT2D eigenvalue weighted by Crippen LogP contribution is -2.41. The van der Waals surface area contributed by atoms with Crippen LogP contribution in [0.2, 0.25) is 0 Å². The molecule has 2 atom stereocenters. The van der Waals surface area contributed by atoms with E-state index in [2.05, 4.69) is 10.4 Å². The van der Waals surface area contributed by atoms with Crippen LogP contribution in [-0.2, 0) is 17.8 Å². The molecule has 0 radical (unpaired) electrons. The number of benzene rings is 1. The van der Waals surface area contributed by atoms with Gasteiger partial charge in [0.15, 0.2) is 5.75 Å². The van der Waals surface area contributed by atoms with Crippen LogP contribution in [0, 0.1) is 12.7 Å². The van der Waals surface area contributed by atoms with Gasteiger partial charge in [-0.25, -0.2) is 4.39 Å². The van der Waals surface area contributed by atoms with Crippen LogP contribution < -0.4 is 10.1 Å². The fourth-order valence-electron chi connectivity index (χ4n) is 2.66. The Kier molecular flexibility index (Phi) is 4.93. The lowest BCUT2D eigenvalue weighted by Gasteiger charge is -2.20. The molecule has 1 aromatic carbocycles. The highest BCUT2D eigenvalue weighted by molar-refractivity contribution is 5.24. The molecule has 1 aliphatic heterocycles. The van der Waals surface area contributed by atoms with Gasteiger partial charge in [-0.3, -0.25) is 4.68 Å². The van der Waals surface area contributed by atoms with Crippen molar-refractivity contribution < 1.29 is 13.9 Å². The van der Waals surface area contributed by atoms with Crippen molar-refractivity contribution in [3.63, 3.8) is 0 Å². The van der Waals surface area contributed by atoms with Crippen molar-refractivity contribution in [3.8, 4) is 5.75 Å². The minimum atomic E-state index is -0.174. The smallest absolute Gasteiger partial charge is 0.157 e. The van der Waals surface area contributed by atoms with Crippen LogP contribution in [0.15, 0.2) is 30.6 Å². The number of hydrogen-bond donors (Lipinski definition) is 1. The summed E-state index contributed by atoms with van der Waals surface area (Å²) in [5.74, 6) is 0.582. The predicted octanol–water partition coefficient (Wildman–Crippen LogP) is 2.29. The lowest BCUT2D eigenvalue weighted by atomic mass is 10.1. The van der Waals surface area contributed by atoms with Crippen molar-refractivity contribution in [2.24, 2.45) is 0 Å². The highest BCUT2D eigenvalue weighted by atomic mass is 19.1. The Labute approximate surface area is 135 Å². The van der Waals surface area contributed by atoms with Gasteiger partial charge in [0.1, 0.15) is 11.9 Å². The van der Waals surface area contributed by atoms with Gasteiger partial charge in [0.05, 0.1) is 31.6 Å². The molecule has 1 aromatic heterocycles. The fraction of sp³-hybridized carbons (Fsp3) is 0.471. The van der Waals surface area contributed by atoms with Gasteiger partial charge < -0.3 is 14.8 Å². The molecule has 1 aliphatic rings. The van der Waals surface area contributed by atoms with Gasteiger partial charge in [-0.15, -0.1) is 0 Å². The van der Waals surface area contributed by atoms with Crippen LogP contribution in [0.1, 0.15) is 18.1 Å². The quantitative estimate of drug-likeness (QED) is 0.887. The van der Waals surface area contributed by atoms with Gasteiger partial charge in [-0.05, 0) is 31.0 Å². The summed E-state index contributed by atoms with van der Waals surface area (Å²) in [4.78, 5) is 0. The second-order valence-electron chi connectivity index (χ2n) is 5.80.